The van der Waals surface area contributed by atoms with Crippen LogP contribution >= 0.6 is 0 Å². The lowest BCUT2D eigenvalue weighted by atomic mass is 9.93. The number of carbonyl (C=O) groups excluding carboxylic acids is 1. The van der Waals surface area contributed by atoms with Gasteiger partial charge >= 0.3 is 0 Å². The van der Waals surface area contributed by atoms with E-state index in [0.29, 0.717) is 11.7 Å². The first-order chi connectivity index (χ1) is 11.7. The lowest BCUT2D eigenvalue weighted by Gasteiger charge is -2.34. The Morgan fingerprint density at radius 3 is 2.25 bits per heavy atom. The molecule has 1 aliphatic carbocycles. The molecule has 0 radical (unpaired) electrons. The number of nitrogens with zero attached hydrogens (tertiary/aromatic N) is 1. The zero-order valence-electron chi connectivity index (χ0n) is 14.5. The van der Waals surface area contributed by atoms with Gasteiger partial charge in [0.05, 0.1) is 5.69 Å². The number of hydrogen-bond donors (Lipinski definition) is 1. The predicted octanol–water partition coefficient (Wildman–Crippen LogP) is 4.27. The van der Waals surface area contributed by atoms with Crippen molar-refractivity contribution in [3.8, 4) is 0 Å². The van der Waals surface area contributed by atoms with Crippen LogP contribution in [0.4, 0.5) is 10.1 Å². The third-order valence-corrected chi connectivity index (χ3v) is 5.51. The molecule has 1 amide bonds. The smallest absolute Gasteiger partial charge is 0.223 e. The van der Waals surface area contributed by atoms with E-state index in [1.165, 1.54) is 38.2 Å². The number of anilines is 1. The van der Waals surface area contributed by atoms with Crippen molar-refractivity contribution in [3.05, 3.63) is 30.1 Å². The van der Waals surface area contributed by atoms with Gasteiger partial charge in [0.25, 0.3) is 0 Å². The first kappa shape index (κ1) is 17.2. The SMILES string of the molecule is O=C(NC1CCCCCCC1)C1CCN(c2ccccc2F)CC1. The van der Waals surface area contributed by atoms with Crippen LogP contribution in [0.15, 0.2) is 24.3 Å². The summed E-state index contributed by atoms with van der Waals surface area (Å²) in [4.78, 5) is 14.6. The first-order valence-corrected chi connectivity index (χ1v) is 9.54. The monoisotopic (exact) mass is 332 g/mol. The van der Waals surface area contributed by atoms with Crippen LogP contribution < -0.4 is 10.2 Å². The summed E-state index contributed by atoms with van der Waals surface area (Å²) in [7, 11) is 0. The molecule has 3 rings (SSSR count). The molecule has 0 bridgehead atoms. The van der Waals surface area contributed by atoms with Gasteiger partial charge in [0.15, 0.2) is 0 Å². The molecule has 1 saturated carbocycles. The van der Waals surface area contributed by atoms with Crippen molar-refractivity contribution in [2.45, 2.75) is 63.8 Å². The van der Waals surface area contributed by atoms with Crippen LogP contribution in [0.1, 0.15) is 57.8 Å². The lowest BCUT2D eigenvalue weighted by molar-refractivity contribution is -0.126. The number of rotatable bonds is 3. The first-order valence-electron chi connectivity index (χ1n) is 9.54. The second kappa shape index (κ2) is 8.50. The summed E-state index contributed by atoms with van der Waals surface area (Å²) in [6, 6.07) is 7.27. The molecule has 1 heterocycles. The van der Waals surface area contributed by atoms with E-state index in [-0.39, 0.29) is 17.6 Å². The third kappa shape index (κ3) is 4.49. The van der Waals surface area contributed by atoms with Gasteiger partial charge in [0.2, 0.25) is 5.91 Å². The minimum atomic E-state index is -0.171. The van der Waals surface area contributed by atoms with Crippen LogP contribution in [0.2, 0.25) is 0 Å². The van der Waals surface area contributed by atoms with Gasteiger partial charge in [-0.2, -0.15) is 0 Å². The number of piperidine rings is 1. The largest absolute Gasteiger partial charge is 0.369 e. The van der Waals surface area contributed by atoms with Crippen LogP contribution in [0.3, 0.4) is 0 Å². The number of nitrogens with one attached hydrogen (secondary N) is 1. The average Bonchev–Trinajstić information content (AvgIpc) is 2.58. The Kier molecular flexibility index (Phi) is 6.11. The standard InChI is InChI=1S/C20H29FN2O/c21-18-10-6-7-11-19(18)23-14-12-16(13-15-23)20(24)22-17-8-4-2-1-3-5-9-17/h6-7,10-11,16-17H,1-5,8-9,12-15H2,(H,22,24). The van der Waals surface area contributed by atoms with E-state index >= 15 is 0 Å². The maximum absolute atomic E-state index is 13.9. The van der Waals surface area contributed by atoms with Crippen molar-refractivity contribution in [1.82, 2.24) is 5.32 Å². The second-order valence-corrected chi connectivity index (χ2v) is 7.26. The molecule has 2 aliphatic rings. The molecule has 132 valence electrons. The Labute approximate surface area is 144 Å². The zero-order chi connectivity index (χ0) is 16.8. The van der Waals surface area contributed by atoms with E-state index < -0.39 is 0 Å². The molecular formula is C20H29FN2O. The number of hydrogen-bond acceptors (Lipinski definition) is 2. The molecule has 1 N–H and O–H groups in total. The van der Waals surface area contributed by atoms with Gasteiger partial charge in [-0.1, -0.05) is 44.2 Å². The molecule has 1 aliphatic heterocycles. The van der Waals surface area contributed by atoms with E-state index in [1.807, 2.05) is 12.1 Å². The summed E-state index contributed by atoms with van der Waals surface area (Å²) in [6.45, 7) is 1.51. The summed E-state index contributed by atoms with van der Waals surface area (Å²) in [5, 5.41) is 3.29. The third-order valence-electron chi connectivity index (χ3n) is 5.51. The quantitative estimate of drug-likeness (QED) is 0.896. The molecule has 0 spiro atoms. The fourth-order valence-electron chi connectivity index (χ4n) is 4.01. The topological polar surface area (TPSA) is 32.3 Å². The minimum Gasteiger partial charge on any atom is -0.369 e. The molecule has 2 fully saturated rings. The Morgan fingerprint density at radius 1 is 0.958 bits per heavy atom. The number of para-hydroxylation sites is 1. The highest BCUT2D eigenvalue weighted by atomic mass is 19.1. The van der Waals surface area contributed by atoms with Crippen LogP contribution in [-0.4, -0.2) is 25.0 Å². The number of halogens is 1. The van der Waals surface area contributed by atoms with E-state index in [2.05, 4.69) is 10.2 Å². The van der Waals surface area contributed by atoms with Crippen LogP contribution in [-0.2, 0) is 4.79 Å². The van der Waals surface area contributed by atoms with Gasteiger partial charge < -0.3 is 10.2 Å². The van der Waals surface area contributed by atoms with Crippen LogP contribution in [0, 0.1) is 11.7 Å². The molecular weight excluding hydrogens is 303 g/mol. The Balaban J connectivity index is 1.49. The summed E-state index contributed by atoms with van der Waals surface area (Å²) < 4.78 is 13.9. The van der Waals surface area contributed by atoms with Gasteiger partial charge in [0.1, 0.15) is 5.82 Å². The van der Waals surface area contributed by atoms with Gasteiger partial charge in [0, 0.05) is 25.0 Å². The van der Waals surface area contributed by atoms with E-state index in [1.54, 1.807) is 6.07 Å². The van der Waals surface area contributed by atoms with Crippen molar-refractivity contribution >= 4 is 11.6 Å². The molecule has 3 nitrogen and oxygen atoms in total. The molecule has 4 heteroatoms. The second-order valence-electron chi connectivity index (χ2n) is 7.26. The highest BCUT2D eigenvalue weighted by Gasteiger charge is 2.27. The molecule has 0 aromatic heterocycles. The number of benzene rings is 1. The van der Waals surface area contributed by atoms with Gasteiger partial charge in [-0.15, -0.1) is 0 Å². The van der Waals surface area contributed by atoms with Crippen LogP contribution in [0.5, 0.6) is 0 Å². The highest BCUT2D eigenvalue weighted by molar-refractivity contribution is 5.79. The van der Waals surface area contributed by atoms with Crippen molar-refractivity contribution in [2.24, 2.45) is 5.92 Å². The fourth-order valence-corrected chi connectivity index (χ4v) is 4.01. The van der Waals surface area contributed by atoms with Crippen molar-refractivity contribution in [2.75, 3.05) is 18.0 Å². The summed E-state index contributed by atoms with van der Waals surface area (Å²) in [6.07, 6.45) is 10.3. The Morgan fingerprint density at radius 2 is 1.58 bits per heavy atom. The highest BCUT2D eigenvalue weighted by Crippen LogP contribution is 2.26. The fraction of sp³-hybridized carbons (Fsp3) is 0.650. The van der Waals surface area contributed by atoms with Gasteiger partial charge in [-0.05, 0) is 37.8 Å². The molecule has 1 saturated heterocycles. The summed E-state index contributed by atoms with van der Waals surface area (Å²) in [5.41, 5.74) is 0.663. The average molecular weight is 332 g/mol. The maximum Gasteiger partial charge on any atom is 0.223 e. The maximum atomic E-state index is 13.9. The zero-order valence-corrected chi connectivity index (χ0v) is 14.5. The molecule has 1 aromatic rings. The van der Waals surface area contributed by atoms with E-state index in [0.717, 1.165) is 38.8 Å². The summed E-state index contributed by atoms with van der Waals surface area (Å²) in [5.74, 6) is 0.127. The lowest BCUT2D eigenvalue weighted by Crippen LogP contribution is -2.44. The van der Waals surface area contributed by atoms with Crippen molar-refractivity contribution in [3.63, 3.8) is 0 Å². The Hall–Kier alpha value is -1.58. The van der Waals surface area contributed by atoms with Crippen molar-refractivity contribution < 1.29 is 9.18 Å². The van der Waals surface area contributed by atoms with E-state index in [4.69, 9.17) is 0 Å². The number of amides is 1. The van der Waals surface area contributed by atoms with E-state index in [9.17, 15) is 9.18 Å². The molecule has 1 aromatic carbocycles. The Bertz CT molecular complexity index is 532. The molecule has 0 unspecified atom stereocenters. The normalized spacial score (nSPS) is 21.1. The number of carbonyl (C=O) groups is 1. The van der Waals surface area contributed by atoms with Gasteiger partial charge in [-0.3, -0.25) is 4.79 Å². The van der Waals surface area contributed by atoms with Crippen LogP contribution in [0.25, 0.3) is 0 Å². The summed E-state index contributed by atoms with van der Waals surface area (Å²) >= 11 is 0. The van der Waals surface area contributed by atoms with Crippen molar-refractivity contribution in [1.29, 1.82) is 0 Å². The molecule has 24 heavy (non-hydrogen) atoms. The molecule has 0 atom stereocenters. The minimum absolute atomic E-state index is 0.0819. The van der Waals surface area contributed by atoms with Gasteiger partial charge in [-0.25, -0.2) is 4.39 Å². The predicted molar refractivity (Wildman–Crippen MR) is 95.6 cm³/mol.